The zero-order valence-electron chi connectivity index (χ0n) is 13.2. The van der Waals surface area contributed by atoms with Gasteiger partial charge in [-0.25, -0.2) is 8.78 Å². The summed E-state index contributed by atoms with van der Waals surface area (Å²) in [5.74, 6) is -1.46. The number of hydrogen-bond donors (Lipinski definition) is 0. The van der Waals surface area contributed by atoms with Gasteiger partial charge in [0, 0.05) is 12.0 Å². The fourth-order valence-electron chi connectivity index (χ4n) is 2.43. The second-order valence-corrected chi connectivity index (χ2v) is 5.43. The van der Waals surface area contributed by atoms with Crippen LogP contribution in [0.3, 0.4) is 0 Å². The van der Waals surface area contributed by atoms with Crippen molar-refractivity contribution in [2.24, 2.45) is 0 Å². The molecule has 0 heterocycles. The molecule has 23 heavy (non-hydrogen) atoms. The molecule has 3 heteroatoms. The summed E-state index contributed by atoms with van der Waals surface area (Å²) in [6.45, 7) is 1.81. The zero-order chi connectivity index (χ0) is 16.7. The lowest BCUT2D eigenvalue weighted by Gasteiger charge is -2.06. The first-order valence-corrected chi connectivity index (χ1v) is 7.77. The summed E-state index contributed by atoms with van der Waals surface area (Å²) in [6.07, 6.45) is 2.20. The maximum Gasteiger partial charge on any atom is 0.161 e. The van der Waals surface area contributed by atoms with Crippen molar-refractivity contribution in [3.8, 4) is 6.07 Å². The lowest BCUT2D eigenvalue weighted by Crippen LogP contribution is -1.95. The minimum Gasteiger partial charge on any atom is -0.209 e. The minimum absolute atomic E-state index is 0.124. The quantitative estimate of drug-likeness (QED) is 0.666. The van der Waals surface area contributed by atoms with Gasteiger partial charge in [-0.3, -0.25) is 0 Å². The number of benzene rings is 2. The highest BCUT2D eigenvalue weighted by Crippen LogP contribution is 2.24. The second-order valence-electron chi connectivity index (χ2n) is 5.43. The standard InChI is InChI=1S/C20H19F2N/c1-2-5-19(21)20(22)17-12-9-15(10-13-17)8-11-16-6-3-4-7-18(16)14-23/h3-4,6-7,9-10,12-13H,2,5,8,11H2,1H3. The molecule has 118 valence electrons. The molecular formula is C20H19F2N. The summed E-state index contributed by atoms with van der Waals surface area (Å²) in [5, 5.41) is 9.08. The van der Waals surface area contributed by atoms with Crippen LogP contribution in [0.1, 0.15) is 42.0 Å². The van der Waals surface area contributed by atoms with Crippen LogP contribution in [0.5, 0.6) is 0 Å². The van der Waals surface area contributed by atoms with Crippen molar-refractivity contribution in [2.75, 3.05) is 0 Å². The Hall–Kier alpha value is -2.47. The van der Waals surface area contributed by atoms with E-state index in [1.807, 2.05) is 37.3 Å². The molecule has 0 fully saturated rings. The zero-order valence-corrected chi connectivity index (χ0v) is 13.2. The molecule has 0 saturated heterocycles. The molecule has 1 nitrogen and oxygen atoms in total. The van der Waals surface area contributed by atoms with Crippen molar-refractivity contribution in [1.82, 2.24) is 0 Å². The highest BCUT2D eigenvalue weighted by atomic mass is 19.2. The van der Waals surface area contributed by atoms with Crippen LogP contribution in [0.4, 0.5) is 8.78 Å². The number of nitriles is 1. The van der Waals surface area contributed by atoms with Crippen molar-refractivity contribution in [3.63, 3.8) is 0 Å². The third-order valence-electron chi connectivity index (χ3n) is 3.74. The highest BCUT2D eigenvalue weighted by molar-refractivity contribution is 5.61. The Kier molecular flexibility index (Phi) is 6.05. The first-order valence-electron chi connectivity index (χ1n) is 7.77. The molecule has 2 rings (SSSR count). The number of rotatable bonds is 6. The van der Waals surface area contributed by atoms with Gasteiger partial charge in [0.15, 0.2) is 5.83 Å². The molecule has 0 aliphatic rings. The summed E-state index contributed by atoms with van der Waals surface area (Å²) in [7, 11) is 0. The summed E-state index contributed by atoms with van der Waals surface area (Å²) < 4.78 is 27.4. The van der Waals surface area contributed by atoms with E-state index >= 15 is 0 Å². The van der Waals surface area contributed by atoms with Crippen molar-refractivity contribution >= 4 is 5.83 Å². The fourth-order valence-corrected chi connectivity index (χ4v) is 2.43. The van der Waals surface area contributed by atoms with Crippen molar-refractivity contribution in [2.45, 2.75) is 32.6 Å². The lowest BCUT2D eigenvalue weighted by molar-refractivity contribution is 0.559. The summed E-state index contributed by atoms with van der Waals surface area (Å²) >= 11 is 0. The van der Waals surface area contributed by atoms with Gasteiger partial charge in [-0.1, -0.05) is 49.4 Å². The van der Waals surface area contributed by atoms with Crippen LogP contribution < -0.4 is 0 Å². The summed E-state index contributed by atoms with van der Waals surface area (Å²) in [6, 6.07) is 16.5. The smallest absolute Gasteiger partial charge is 0.161 e. The molecule has 2 aromatic carbocycles. The summed E-state index contributed by atoms with van der Waals surface area (Å²) in [4.78, 5) is 0. The number of halogens is 2. The maximum atomic E-state index is 13.9. The highest BCUT2D eigenvalue weighted by Gasteiger charge is 2.08. The molecule has 0 spiro atoms. The number of hydrogen-bond acceptors (Lipinski definition) is 1. The molecule has 0 aromatic heterocycles. The SMILES string of the molecule is CCCC(F)=C(F)c1ccc(CCc2ccccc2C#N)cc1. The van der Waals surface area contributed by atoms with Crippen LogP contribution in [-0.4, -0.2) is 0 Å². The number of allylic oxidation sites excluding steroid dienone is 1. The first kappa shape index (κ1) is 16.9. The predicted molar refractivity (Wildman–Crippen MR) is 89.1 cm³/mol. The molecule has 0 N–H and O–H groups in total. The molecule has 2 aromatic rings. The Bertz CT molecular complexity index is 724. The van der Waals surface area contributed by atoms with Gasteiger partial charge in [-0.15, -0.1) is 0 Å². The second kappa shape index (κ2) is 8.24. The van der Waals surface area contributed by atoms with Gasteiger partial charge in [-0.05, 0) is 36.5 Å². The van der Waals surface area contributed by atoms with Gasteiger partial charge in [0.1, 0.15) is 5.83 Å². The average Bonchev–Trinajstić information content (AvgIpc) is 2.60. The Labute approximate surface area is 135 Å². The van der Waals surface area contributed by atoms with Gasteiger partial charge in [0.25, 0.3) is 0 Å². The lowest BCUT2D eigenvalue weighted by atomic mass is 9.99. The summed E-state index contributed by atoms with van der Waals surface area (Å²) in [5.41, 5.74) is 2.99. The van der Waals surface area contributed by atoms with Gasteiger partial charge >= 0.3 is 0 Å². The normalized spacial score (nSPS) is 11.7. The van der Waals surface area contributed by atoms with Crippen LogP contribution in [0, 0.1) is 11.3 Å². The molecule has 0 radical (unpaired) electrons. The molecule has 0 bridgehead atoms. The van der Waals surface area contributed by atoms with Crippen molar-refractivity contribution in [3.05, 3.63) is 76.6 Å². The van der Waals surface area contributed by atoms with Crippen LogP contribution >= 0.6 is 0 Å². The van der Waals surface area contributed by atoms with Crippen LogP contribution in [0.15, 0.2) is 54.4 Å². The van der Waals surface area contributed by atoms with Crippen LogP contribution in [0.2, 0.25) is 0 Å². The molecular weight excluding hydrogens is 292 g/mol. The van der Waals surface area contributed by atoms with E-state index in [0.29, 0.717) is 12.0 Å². The van der Waals surface area contributed by atoms with E-state index < -0.39 is 11.7 Å². The average molecular weight is 311 g/mol. The Morgan fingerprint density at radius 3 is 2.35 bits per heavy atom. The predicted octanol–water partition coefficient (Wildman–Crippen LogP) is 5.75. The number of aryl methyl sites for hydroxylation is 2. The van der Waals surface area contributed by atoms with Gasteiger partial charge in [0.2, 0.25) is 0 Å². The largest absolute Gasteiger partial charge is 0.209 e. The maximum absolute atomic E-state index is 13.9. The third kappa shape index (κ3) is 4.50. The van der Waals surface area contributed by atoms with Crippen molar-refractivity contribution in [1.29, 1.82) is 5.26 Å². The van der Waals surface area contributed by atoms with E-state index in [4.69, 9.17) is 5.26 Å². The fraction of sp³-hybridized carbons (Fsp3) is 0.250. The Morgan fingerprint density at radius 2 is 1.70 bits per heavy atom. The van der Waals surface area contributed by atoms with Crippen molar-refractivity contribution < 1.29 is 8.78 Å². The van der Waals surface area contributed by atoms with Gasteiger partial charge in [-0.2, -0.15) is 5.26 Å². The molecule has 0 saturated carbocycles. The van der Waals surface area contributed by atoms with E-state index in [2.05, 4.69) is 6.07 Å². The Balaban J connectivity index is 2.06. The minimum atomic E-state index is -0.770. The van der Waals surface area contributed by atoms with E-state index in [1.54, 1.807) is 18.2 Å². The van der Waals surface area contributed by atoms with E-state index in [9.17, 15) is 8.78 Å². The first-order chi connectivity index (χ1) is 11.2. The van der Waals surface area contributed by atoms with Gasteiger partial charge in [0.05, 0.1) is 11.6 Å². The van der Waals surface area contributed by atoms with Gasteiger partial charge < -0.3 is 0 Å². The molecule has 0 atom stereocenters. The van der Waals surface area contributed by atoms with E-state index in [1.165, 1.54) is 0 Å². The number of nitrogens with zero attached hydrogens (tertiary/aromatic N) is 1. The molecule has 0 aliphatic carbocycles. The van der Waals surface area contributed by atoms with E-state index in [-0.39, 0.29) is 12.0 Å². The molecule has 0 unspecified atom stereocenters. The monoisotopic (exact) mass is 311 g/mol. The molecule has 0 amide bonds. The Morgan fingerprint density at radius 1 is 1.00 bits per heavy atom. The van der Waals surface area contributed by atoms with Crippen LogP contribution in [0.25, 0.3) is 5.83 Å². The van der Waals surface area contributed by atoms with E-state index in [0.717, 1.165) is 24.0 Å². The molecule has 0 aliphatic heterocycles. The van der Waals surface area contributed by atoms with Crippen LogP contribution in [-0.2, 0) is 12.8 Å². The topological polar surface area (TPSA) is 23.8 Å². The third-order valence-corrected chi connectivity index (χ3v) is 3.74.